The van der Waals surface area contributed by atoms with E-state index in [1.165, 1.54) is 6.92 Å². The zero-order valence-electron chi connectivity index (χ0n) is 15.4. The molecule has 2 N–H and O–H groups in total. The molecule has 2 aromatic rings. The van der Waals surface area contributed by atoms with Crippen LogP contribution in [0, 0.1) is 0 Å². The van der Waals surface area contributed by atoms with Gasteiger partial charge in [0.05, 0.1) is 13.2 Å². The standard InChI is InChI=1S/C20H25N3O3/c1-4-26-19-11-5-16(6-12-19)13-23(3)14-20(25)22-18-9-7-17(8-10-18)21-15(2)24/h5-12H,4,13-14H2,1-3H3,(H,21,24)(H,22,25). The van der Waals surface area contributed by atoms with Crippen molar-refractivity contribution in [3.63, 3.8) is 0 Å². The zero-order valence-corrected chi connectivity index (χ0v) is 15.4. The van der Waals surface area contributed by atoms with Crippen molar-refractivity contribution < 1.29 is 14.3 Å². The predicted molar refractivity (Wildman–Crippen MR) is 103 cm³/mol. The second-order valence-corrected chi connectivity index (χ2v) is 6.06. The lowest BCUT2D eigenvalue weighted by molar-refractivity contribution is -0.117. The highest BCUT2D eigenvalue weighted by Gasteiger charge is 2.08. The van der Waals surface area contributed by atoms with Gasteiger partial charge >= 0.3 is 0 Å². The Hall–Kier alpha value is -2.86. The largest absolute Gasteiger partial charge is 0.494 e. The molecule has 0 aliphatic heterocycles. The number of nitrogens with zero attached hydrogens (tertiary/aromatic N) is 1. The molecule has 6 nitrogen and oxygen atoms in total. The predicted octanol–water partition coefficient (Wildman–Crippen LogP) is 3.11. The van der Waals surface area contributed by atoms with Gasteiger partial charge in [-0.05, 0) is 55.9 Å². The molecule has 138 valence electrons. The summed E-state index contributed by atoms with van der Waals surface area (Å²) >= 11 is 0. The molecule has 0 radical (unpaired) electrons. The van der Waals surface area contributed by atoms with Gasteiger partial charge in [0.1, 0.15) is 5.75 Å². The van der Waals surface area contributed by atoms with Crippen molar-refractivity contribution >= 4 is 23.2 Å². The first-order chi connectivity index (χ1) is 12.5. The normalized spacial score (nSPS) is 10.5. The fourth-order valence-electron chi connectivity index (χ4n) is 2.51. The molecule has 0 aliphatic rings. The summed E-state index contributed by atoms with van der Waals surface area (Å²) in [6.07, 6.45) is 0. The number of likely N-dealkylation sites (N-methyl/N-ethyl adjacent to an activating group) is 1. The van der Waals surface area contributed by atoms with E-state index in [0.29, 0.717) is 24.5 Å². The van der Waals surface area contributed by atoms with Gasteiger partial charge in [0.2, 0.25) is 11.8 Å². The van der Waals surface area contributed by atoms with Crippen LogP contribution in [0.25, 0.3) is 0 Å². The van der Waals surface area contributed by atoms with Crippen molar-refractivity contribution in [3.05, 3.63) is 54.1 Å². The van der Waals surface area contributed by atoms with E-state index in [2.05, 4.69) is 10.6 Å². The fourth-order valence-corrected chi connectivity index (χ4v) is 2.51. The third kappa shape index (κ3) is 6.57. The summed E-state index contributed by atoms with van der Waals surface area (Å²) in [5, 5.41) is 5.54. The number of amides is 2. The number of anilines is 2. The van der Waals surface area contributed by atoms with Crippen LogP contribution >= 0.6 is 0 Å². The van der Waals surface area contributed by atoms with Gasteiger partial charge in [0.25, 0.3) is 0 Å². The summed E-state index contributed by atoms with van der Waals surface area (Å²) < 4.78 is 5.43. The van der Waals surface area contributed by atoms with Crippen LogP contribution in [0.1, 0.15) is 19.4 Å². The summed E-state index contributed by atoms with van der Waals surface area (Å²) in [7, 11) is 1.90. The maximum absolute atomic E-state index is 12.2. The average molecular weight is 355 g/mol. The van der Waals surface area contributed by atoms with E-state index < -0.39 is 0 Å². The van der Waals surface area contributed by atoms with Gasteiger partial charge in [-0.25, -0.2) is 0 Å². The van der Waals surface area contributed by atoms with Crippen molar-refractivity contribution in [3.8, 4) is 5.75 Å². The lowest BCUT2D eigenvalue weighted by Crippen LogP contribution is -2.29. The Balaban J connectivity index is 1.81. The molecule has 0 heterocycles. The number of carbonyl (C=O) groups excluding carboxylic acids is 2. The van der Waals surface area contributed by atoms with Crippen molar-refractivity contribution in [2.45, 2.75) is 20.4 Å². The molecule has 2 amide bonds. The van der Waals surface area contributed by atoms with E-state index in [1.54, 1.807) is 24.3 Å². The van der Waals surface area contributed by atoms with Crippen LogP contribution in [-0.2, 0) is 16.1 Å². The first kappa shape index (κ1) is 19.5. The van der Waals surface area contributed by atoms with Gasteiger partial charge in [0.15, 0.2) is 0 Å². The maximum Gasteiger partial charge on any atom is 0.238 e. The van der Waals surface area contributed by atoms with Crippen LogP contribution in [0.4, 0.5) is 11.4 Å². The average Bonchev–Trinajstić information content (AvgIpc) is 2.58. The SMILES string of the molecule is CCOc1ccc(CN(C)CC(=O)Nc2ccc(NC(C)=O)cc2)cc1. The Kier molecular flexibility index (Phi) is 7.17. The molecule has 0 unspecified atom stereocenters. The molecule has 0 spiro atoms. The van der Waals surface area contributed by atoms with Gasteiger partial charge in [-0.3, -0.25) is 14.5 Å². The molecule has 26 heavy (non-hydrogen) atoms. The summed E-state index contributed by atoms with van der Waals surface area (Å²) in [5.41, 5.74) is 2.50. The third-order valence-electron chi connectivity index (χ3n) is 3.59. The molecule has 2 rings (SSSR count). The first-order valence-corrected chi connectivity index (χ1v) is 8.54. The number of carbonyl (C=O) groups is 2. The topological polar surface area (TPSA) is 70.7 Å². The molecular weight excluding hydrogens is 330 g/mol. The quantitative estimate of drug-likeness (QED) is 0.763. The van der Waals surface area contributed by atoms with Gasteiger partial charge < -0.3 is 15.4 Å². The van der Waals surface area contributed by atoms with E-state index in [0.717, 1.165) is 11.3 Å². The summed E-state index contributed by atoms with van der Waals surface area (Å²) in [5.74, 6) is 0.628. The molecule has 0 saturated carbocycles. The van der Waals surface area contributed by atoms with Crippen LogP contribution in [0.15, 0.2) is 48.5 Å². The number of nitrogens with one attached hydrogen (secondary N) is 2. The van der Waals surface area contributed by atoms with Crippen LogP contribution in [0.5, 0.6) is 5.75 Å². The number of hydrogen-bond donors (Lipinski definition) is 2. The summed E-state index contributed by atoms with van der Waals surface area (Å²) in [6, 6.07) is 14.9. The minimum atomic E-state index is -0.127. The minimum absolute atomic E-state index is 0.0919. The highest BCUT2D eigenvalue weighted by atomic mass is 16.5. The Labute approximate surface area is 154 Å². The molecule has 0 fully saturated rings. The Morgan fingerprint density at radius 1 is 0.962 bits per heavy atom. The molecule has 6 heteroatoms. The summed E-state index contributed by atoms with van der Waals surface area (Å²) in [4.78, 5) is 25.1. The van der Waals surface area contributed by atoms with Gasteiger partial charge in [0, 0.05) is 24.8 Å². The zero-order chi connectivity index (χ0) is 18.9. The van der Waals surface area contributed by atoms with Gasteiger partial charge in [-0.2, -0.15) is 0 Å². The van der Waals surface area contributed by atoms with Crippen LogP contribution in [-0.4, -0.2) is 36.9 Å². The van der Waals surface area contributed by atoms with E-state index in [9.17, 15) is 9.59 Å². The first-order valence-electron chi connectivity index (χ1n) is 8.54. The second-order valence-electron chi connectivity index (χ2n) is 6.06. The third-order valence-corrected chi connectivity index (χ3v) is 3.59. The van der Waals surface area contributed by atoms with Gasteiger partial charge in [-0.1, -0.05) is 12.1 Å². The Morgan fingerprint density at radius 3 is 2.08 bits per heavy atom. The smallest absolute Gasteiger partial charge is 0.238 e. The van der Waals surface area contributed by atoms with E-state index in [4.69, 9.17) is 4.74 Å². The van der Waals surface area contributed by atoms with Crippen LogP contribution in [0.3, 0.4) is 0 Å². The fraction of sp³-hybridized carbons (Fsp3) is 0.300. The molecule has 0 bridgehead atoms. The van der Waals surface area contributed by atoms with Crippen molar-refractivity contribution in [1.29, 1.82) is 0 Å². The molecule has 0 saturated heterocycles. The van der Waals surface area contributed by atoms with Crippen molar-refractivity contribution in [1.82, 2.24) is 4.90 Å². The number of rotatable bonds is 8. The minimum Gasteiger partial charge on any atom is -0.494 e. The van der Waals surface area contributed by atoms with E-state index in [-0.39, 0.29) is 18.4 Å². The molecule has 0 atom stereocenters. The molecule has 2 aromatic carbocycles. The highest BCUT2D eigenvalue weighted by molar-refractivity contribution is 5.93. The Morgan fingerprint density at radius 2 is 1.54 bits per heavy atom. The van der Waals surface area contributed by atoms with Crippen LogP contribution < -0.4 is 15.4 Å². The number of ether oxygens (including phenoxy) is 1. The molecule has 0 aliphatic carbocycles. The lowest BCUT2D eigenvalue weighted by Gasteiger charge is -2.17. The molecule has 0 aromatic heterocycles. The number of hydrogen-bond acceptors (Lipinski definition) is 4. The molecular formula is C20H25N3O3. The second kappa shape index (κ2) is 9.58. The van der Waals surface area contributed by atoms with E-state index in [1.807, 2.05) is 43.1 Å². The van der Waals surface area contributed by atoms with Crippen molar-refractivity contribution in [2.24, 2.45) is 0 Å². The lowest BCUT2D eigenvalue weighted by atomic mass is 10.2. The number of benzene rings is 2. The summed E-state index contributed by atoms with van der Waals surface area (Å²) in [6.45, 7) is 5.00. The van der Waals surface area contributed by atoms with Crippen molar-refractivity contribution in [2.75, 3.05) is 30.8 Å². The highest BCUT2D eigenvalue weighted by Crippen LogP contribution is 2.15. The van der Waals surface area contributed by atoms with Crippen LogP contribution in [0.2, 0.25) is 0 Å². The maximum atomic E-state index is 12.2. The Bertz CT molecular complexity index is 727. The van der Waals surface area contributed by atoms with Gasteiger partial charge in [-0.15, -0.1) is 0 Å². The monoisotopic (exact) mass is 355 g/mol. The van der Waals surface area contributed by atoms with E-state index >= 15 is 0 Å².